The third-order valence-electron chi connectivity index (χ3n) is 5.79. The van der Waals surface area contributed by atoms with Crippen molar-refractivity contribution < 1.29 is 14.2 Å². The van der Waals surface area contributed by atoms with Crippen molar-refractivity contribution in [3.63, 3.8) is 0 Å². The van der Waals surface area contributed by atoms with Crippen molar-refractivity contribution in [1.82, 2.24) is 20.5 Å². The normalized spacial score (nSPS) is 21.5. The van der Waals surface area contributed by atoms with Gasteiger partial charge in [-0.2, -0.15) is 0 Å². The number of phenols is 1. The van der Waals surface area contributed by atoms with Gasteiger partial charge in [0.1, 0.15) is 18.0 Å². The number of nitrogens with zero attached hydrogens (tertiary/aromatic N) is 3. The van der Waals surface area contributed by atoms with Crippen LogP contribution in [0.25, 0.3) is 22.4 Å². The third-order valence-corrected chi connectivity index (χ3v) is 5.79. The van der Waals surface area contributed by atoms with Gasteiger partial charge in [0, 0.05) is 41.5 Å². The zero-order chi connectivity index (χ0) is 21.8. The molecule has 7 heteroatoms. The lowest BCUT2D eigenvalue weighted by atomic mass is 10.0. The number of phenolic OH excluding ortho intramolecular Hbond substituents is 1. The zero-order valence-corrected chi connectivity index (χ0v) is 17.8. The molecule has 4 rings (SSSR count). The van der Waals surface area contributed by atoms with Gasteiger partial charge in [-0.05, 0) is 63.1 Å². The van der Waals surface area contributed by atoms with E-state index in [1.165, 1.54) is 0 Å². The number of pyridine rings is 1. The van der Waals surface area contributed by atoms with E-state index < -0.39 is 12.3 Å². The summed E-state index contributed by atoms with van der Waals surface area (Å²) in [6.45, 7) is 1.93. The number of hydrogen-bond acceptors (Lipinski definition) is 6. The molecule has 1 saturated carbocycles. The van der Waals surface area contributed by atoms with Crippen LogP contribution >= 0.6 is 0 Å². The third kappa shape index (κ3) is 4.99. The number of halogens is 1. The van der Waals surface area contributed by atoms with Gasteiger partial charge in [-0.3, -0.25) is 4.98 Å². The van der Waals surface area contributed by atoms with Crippen LogP contribution in [0.3, 0.4) is 0 Å². The van der Waals surface area contributed by atoms with E-state index in [0.717, 1.165) is 29.7 Å². The van der Waals surface area contributed by atoms with E-state index in [4.69, 9.17) is 4.74 Å². The smallest absolute Gasteiger partial charge is 0.233 e. The topological polar surface area (TPSA) is 80.2 Å². The Bertz CT molecular complexity index is 1010. The number of benzene rings is 1. The molecule has 1 aromatic carbocycles. The Morgan fingerprint density at radius 1 is 1.06 bits per heavy atom. The van der Waals surface area contributed by atoms with E-state index in [2.05, 4.69) is 20.5 Å². The van der Waals surface area contributed by atoms with Gasteiger partial charge in [0.25, 0.3) is 0 Å². The molecule has 2 N–H and O–H groups in total. The number of rotatable bonds is 5. The van der Waals surface area contributed by atoms with Crippen LogP contribution in [-0.4, -0.2) is 45.7 Å². The number of alkyl halides is 1. The van der Waals surface area contributed by atoms with Crippen molar-refractivity contribution in [1.29, 1.82) is 0 Å². The Kier molecular flexibility index (Phi) is 6.42. The lowest BCUT2D eigenvalue weighted by molar-refractivity contribution is 0.0837. The van der Waals surface area contributed by atoms with E-state index in [1.807, 2.05) is 32.2 Å². The Morgan fingerprint density at radius 3 is 2.58 bits per heavy atom. The van der Waals surface area contributed by atoms with Gasteiger partial charge >= 0.3 is 0 Å². The lowest BCUT2D eigenvalue weighted by Gasteiger charge is -2.22. The predicted octanol–water partition coefficient (Wildman–Crippen LogP) is 4.47. The van der Waals surface area contributed by atoms with Gasteiger partial charge < -0.3 is 15.2 Å². The second-order valence-electron chi connectivity index (χ2n) is 8.00. The van der Waals surface area contributed by atoms with Crippen LogP contribution in [0.4, 0.5) is 4.39 Å². The Balaban J connectivity index is 1.49. The summed E-state index contributed by atoms with van der Waals surface area (Å²) >= 11 is 0. The standard InChI is InChI=1S/C24H27FN4O2/c1-15-6-7-17(14-27-15)16-8-9-19(22(30)12-16)21-10-11-24(29-28-21)31-23-13-18(26-2)4-3-5-20(23)25/h6-12,14,18,20,23,26,30H,3-5,13H2,1-2H3/t18?,20?,23-/m0/s1. The van der Waals surface area contributed by atoms with E-state index in [1.54, 1.807) is 30.5 Å². The molecule has 1 fully saturated rings. The number of hydrogen-bond donors (Lipinski definition) is 2. The van der Waals surface area contributed by atoms with Gasteiger partial charge in [-0.1, -0.05) is 12.1 Å². The monoisotopic (exact) mass is 422 g/mol. The average Bonchev–Trinajstić information content (AvgIpc) is 2.96. The number of aromatic nitrogens is 3. The predicted molar refractivity (Wildman–Crippen MR) is 118 cm³/mol. The molecule has 3 aromatic rings. The van der Waals surface area contributed by atoms with Crippen LogP contribution in [0, 0.1) is 6.92 Å². The molecule has 1 aliphatic rings. The maximum atomic E-state index is 14.5. The van der Waals surface area contributed by atoms with Crippen molar-refractivity contribution in [3.05, 3.63) is 54.4 Å². The first-order chi connectivity index (χ1) is 15.0. The summed E-state index contributed by atoms with van der Waals surface area (Å²) < 4.78 is 20.3. The maximum absolute atomic E-state index is 14.5. The fourth-order valence-corrected chi connectivity index (χ4v) is 3.92. The van der Waals surface area contributed by atoms with E-state index in [9.17, 15) is 9.50 Å². The quantitative estimate of drug-likeness (QED) is 0.591. The number of aromatic hydroxyl groups is 1. The maximum Gasteiger partial charge on any atom is 0.233 e. The van der Waals surface area contributed by atoms with E-state index >= 15 is 0 Å². The van der Waals surface area contributed by atoms with Crippen LogP contribution in [-0.2, 0) is 0 Å². The summed E-state index contributed by atoms with van der Waals surface area (Å²) in [5.74, 6) is 0.389. The second kappa shape index (κ2) is 9.39. The highest BCUT2D eigenvalue weighted by atomic mass is 19.1. The van der Waals surface area contributed by atoms with Crippen molar-refractivity contribution in [2.75, 3.05) is 7.05 Å². The fraction of sp³-hybridized carbons (Fsp3) is 0.375. The summed E-state index contributed by atoms with van der Waals surface area (Å²) in [6.07, 6.45) is 3.08. The summed E-state index contributed by atoms with van der Waals surface area (Å²) in [7, 11) is 1.89. The molecule has 0 amide bonds. The molecule has 2 aromatic heterocycles. The van der Waals surface area contributed by atoms with Crippen LogP contribution in [0.15, 0.2) is 48.7 Å². The van der Waals surface area contributed by atoms with Crippen LogP contribution in [0.5, 0.6) is 11.6 Å². The summed E-state index contributed by atoms with van der Waals surface area (Å²) in [5.41, 5.74) is 3.81. The molecule has 2 unspecified atom stereocenters. The first-order valence-electron chi connectivity index (χ1n) is 10.6. The molecule has 2 heterocycles. The molecule has 31 heavy (non-hydrogen) atoms. The minimum absolute atomic E-state index is 0.102. The number of aryl methyl sites for hydroxylation is 1. The minimum atomic E-state index is -1.02. The molecular weight excluding hydrogens is 395 g/mol. The molecular formula is C24H27FN4O2. The molecule has 162 valence electrons. The lowest BCUT2D eigenvalue weighted by Crippen LogP contribution is -2.35. The van der Waals surface area contributed by atoms with Gasteiger partial charge in [0.15, 0.2) is 0 Å². The van der Waals surface area contributed by atoms with E-state index in [-0.39, 0.29) is 17.7 Å². The Morgan fingerprint density at radius 2 is 1.90 bits per heavy atom. The van der Waals surface area contributed by atoms with Gasteiger partial charge in [0.2, 0.25) is 5.88 Å². The molecule has 3 atom stereocenters. The van der Waals surface area contributed by atoms with Crippen molar-refractivity contribution in [2.24, 2.45) is 0 Å². The Labute approximate surface area is 181 Å². The summed E-state index contributed by atoms with van der Waals surface area (Å²) in [6, 6.07) is 12.9. The number of ether oxygens (including phenoxy) is 1. The van der Waals surface area contributed by atoms with Crippen molar-refractivity contribution in [2.45, 2.75) is 50.9 Å². The van der Waals surface area contributed by atoms with Crippen molar-refractivity contribution in [3.8, 4) is 34.0 Å². The van der Waals surface area contributed by atoms with E-state index in [0.29, 0.717) is 24.1 Å². The van der Waals surface area contributed by atoms with Crippen molar-refractivity contribution >= 4 is 0 Å². The summed E-state index contributed by atoms with van der Waals surface area (Å²) in [5, 5.41) is 22.1. The van der Waals surface area contributed by atoms with Gasteiger partial charge in [-0.15, -0.1) is 10.2 Å². The van der Waals surface area contributed by atoms with Crippen LogP contribution in [0.2, 0.25) is 0 Å². The van der Waals surface area contributed by atoms with Gasteiger partial charge in [0.05, 0.1) is 5.69 Å². The Hall–Kier alpha value is -3.06. The molecule has 0 radical (unpaired) electrons. The SMILES string of the molecule is CNC1CCCC(F)[C@@H](Oc2ccc(-c3ccc(-c4ccc(C)nc4)cc3O)nn2)C1. The highest BCUT2D eigenvalue weighted by Crippen LogP contribution is 2.33. The largest absolute Gasteiger partial charge is 0.507 e. The second-order valence-corrected chi connectivity index (χ2v) is 8.00. The molecule has 0 aliphatic heterocycles. The average molecular weight is 423 g/mol. The first-order valence-corrected chi connectivity index (χ1v) is 10.6. The molecule has 6 nitrogen and oxygen atoms in total. The molecule has 0 bridgehead atoms. The molecule has 0 spiro atoms. The van der Waals surface area contributed by atoms with Crippen LogP contribution < -0.4 is 10.1 Å². The highest BCUT2D eigenvalue weighted by Gasteiger charge is 2.29. The zero-order valence-electron chi connectivity index (χ0n) is 17.8. The number of nitrogens with one attached hydrogen (secondary N) is 1. The molecule has 0 saturated heterocycles. The van der Waals surface area contributed by atoms with Crippen LogP contribution in [0.1, 0.15) is 31.4 Å². The van der Waals surface area contributed by atoms with Gasteiger partial charge in [-0.25, -0.2) is 4.39 Å². The summed E-state index contributed by atoms with van der Waals surface area (Å²) in [4.78, 5) is 4.30. The first kappa shape index (κ1) is 21.2. The molecule has 1 aliphatic carbocycles. The minimum Gasteiger partial charge on any atom is -0.507 e. The fourth-order valence-electron chi connectivity index (χ4n) is 3.92. The highest BCUT2D eigenvalue weighted by molar-refractivity contribution is 5.73.